The summed E-state index contributed by atoms with van der Waals surface area (Å²) in [6, 6.07) is 1.86. The zero-order valence-electron chi connectivity index (χ0n) is 13.4. The largest absolute Gasteiger partial charge is 0.436 e. The highest BCUT2D eigenvalue weighted by Gasteiger charge is 2.32. The molecule has 7 nitrogen and oxygen atoms in total. The van der Waals surface area contributed by atoms with Crippen LogP contribution < -0.4 is 5.32 Å². The van der Waals surface area contributed by atoms with Crippen molar-refractivity contribution in [2.24, 2.45) is 5.92 Å². The van der Waals surface area contributed by atoms with E-state index in [-0.39, 0.29) is 14.5 Å². The summed E-state index contributed by atoms with van der Waals surface area (Å²) in [4.78, 5) is 25.8. The summed E-state index contributed by atoms with van der Waals surface area (Å²) in [5.41, 5.74) is 0. The molecule has 1 saturated carbocycles. The Kier molecular flexibility index (Phi) is 6.66. The van der Waals surface area contributed by atoms with Gasteiger partial charge >= 0.3 is 6.09 Å². The van der Waals surface area contributed by atoms with E-state index in [1.54, 1.807) is 0 Å². The van der Waals surface area contributed by atoms with Crippen LogP contribution in [0.3, 0.4) is 0 Å². The Labute approximate surface area is 138 Å². The zero-order valence-corrected chi connectivity index (χ0v) is 13.4. The number of likely N-dealkylation sites (tertiary alicyclic amines) is 1. The average molecular weight is 325 g/mol. The molecule has 2 aliphatic rings. The van der Waals surface area contributed by atoms with E-state index in [1.165, 1.54) is 11.3 Å². The van der Waals surface area contributed by atoms with E-state index >= 15 is 0 Å². The van der Waals surface area contributed by atoms with Crippen LogP contribution in [0.25, 0.3) is 0 Å². The number of carbonyl (C=O) groups is 2. The number of ether oxygens (including phenoxy) is 1. The molecular weight excluding hydrogens is 298 g/mol. The first kappa shape index (κ1) is 17.5. The molecule has 1 saturated heterocycles. The van der Waals surface area contributed by atoms with Crippen LogP contribution >= 0.6 is 0 Å². The fraction of sp³-hybridized carbons (Fsp3) is 0.812. The molecule has 2 N–H and O–H groups in total. The smallest absolute Gasteiger partial charge is 0.410 e. The number of β-amino-alcohol motifs (C(OH)–C–C–N with tert-alkyl or cyclic N) is 1. The van der Waals surface area contributed by atoms with Crippen molar-refractivity contribution in [1.29, 1.82) is 5.26 Å². The normalized spacial score (nSPS) is 23.1. The van der Waals surface area contributed by atoms with Gasteiger partial charge in [0.15, 0.2) is 6.10 Å². The van der Waals surface area contributed by atoms with E-state index in [0.717, 1.165) is 25.7 Å². The lowest BCUT2D eigenvalue weighted by molar-refractivity contribution is -0.130. The van der Waals surface area contributed by atoms with Gasteiger partial charge < -0.3 is 20.1 Å². The second-order valence-corrected chi connectivity index (χ2v) is 6.38. The third-order valence-electron chi connectivity index (χ3n) is 4.57. The van der Waals surface area contributed by atoms with Crippen LogP contribution in [0.4, 0.5) is 4.79 Å². The summed E-state index contributed by atoms with van der Waals surface area (Å²) in [7, 11) is 0. The Morgan fingerprint density at radius 2 is 2.09 bits per heavy atom. The molecule has 1 heterocycles. The molecule has 1 aliphatic carbocycles. The van der Waals surface area contributed by atoms with Gasteiger partial charge in [-0.1, -0.05) is 32.1 Å². The minimum absolute atomic E-state index is 0. The van der Waals surface area contributed by atoms with Crippen molar-refractivity contribution in [1.82, 2.24) is 10.2 Å². The standard InChI is InChI=1S/C16H25N3O4.H2/c17-7-8-18-15(21)14(10-12-4-2-1-3-5-12)23-16(22)19-9-6-13(20)11-19;/h12-14,20H,1-6,8-11H2,(H,18,21);1H/t13-,14+;/m1./s1. The quantitative estimate of drug-likeness (QED) is 0.744. The van der Waals surface area contributed by atoms with Crippen LogP contribution in [0.15, 0.2) is 0 Å². The van der Waals surface area contributed by atoms with Crippen molar-refractivity contribution < 1.29 is 20.9 Å². The minimum atomic E-state index is -0.864. The Morgan fingerprint density at radius 3 is 2.70 bits per heavy atom. The first-order valence-corrected chi connectivity index (χ1v) is 8.38. The number of carbonyl (C=O) groups excluding carboxylic acids is 2. The van der Waals surface area contributed by atoms with Gasteiger partial charge in [0.2, 0.25) is 0 Å². The predicted molar refractivity (Wildman–Crippen MR) is 84.4 cm³/mol. The zero-order chi connectivity index (χ0) is 16.7. The number of nitrogens with zero attached hydrogens (tertiary/aromatic N) is 2. The topological polar surface area (TPSA) is 103 Å². The number of nitriles is 1. The number of aliphatic hydroxyl groups excluding tert-OH is 1. The number of rotatable bonds is 5. The van der Waals surface area contributed by atoms with Crippen LogP contribution in [0, 0.1) is 17.2 Å². The first-order valence-electron chi connectivity index (χ1n) is 8.38. The molecule has 0 aromatic carbocycles. The van der Waals surface area contributed by atoms with Crippen molar-refractivity contribution in [2.75, 3.05) is 19.6 Å². The molecule has 0 unspecified atom stereocenters. The molecule has 0 spiro atoms. The van der Waals surface area contributed by atoms with E-state index in [1.807, 2.05) is 6.07 Å². The Bertz CT molecular complexity index is 463. The first-order chi connectivity index (χ1) is 11.1. The highest BCUT2D eigenvalue weighted by molar-refractivity contribution is 5.83. The second-order valence-electron chi connectivity index (χ2n) is 6.38. The molecule has 7 heteroatoms. The summed E-state index contributed by atoms with van der Waals surface area (Å²) in [6.07, 6.45) is 4.67. The highest BCUT2D eigenvalue weighted by Crippen LogP contribution is 2.28. The van der Waals surface area contributed by atoms with Gasteiger partial charge in [0, 0.05) is 14.5 Å². The summed E-state index contributed by atoms with van der Waals surface area (Å²) in [5.74, 6) is -0.0382. The van der Waals surface area contributed by atoms with Gasteiger partial charge in [0.1, 0.15) is 6.54 Å². The number of hydrogen-bond donors (Lipinski definition) is 2. The van der Waals surface area contributed by atoms with Crippen LogP contribution in [0.5, 0.6) is 0 Å². The molecule has 0 radical (unpaired) electrons. The summed E-state index contributed by atoms with van der Waals surface area (Å²) >= 11 is 0. The van der Waals surface area contributed by atoms with Gasteiger partial charge in [-0.3, -0.25) is 4.79 Å². The monoisotopic (exact) mass is 325 g/mol. The number of hydrogen-bond acceptors (Lipinski definition) is 5. The Morgan fingerprint density at radius 1 is 1.35 bits per heavy atom. The summed E-state index contributed by atoms with van der Waals surface area (Å²) in [5, 5.41) is 20.6. The number of nitrogens with one attached hydrogen (secondary N) is 1. The van der Waals surface area contributed by atoms with Gasteiger partial charge in [-0.15, -0.1) is 0 Å². The van der Waals surface area contributed by atoms with Crippen molar-refractivity contribution in [3.05, 3.63) is 0 Å². The Hall–Kier alpha value is -1.81. The maximum Gasteiger partial charge on any atom is 0.410 e. The van der Waals surface area contributed by atoms with E-state index < -0.39 is 24.2 Å². The molecule has 2 amide bonds. The maximum absolute atomic E-state index is 12.2. The van der Waals surface area contributed by atoms with E-state index in [4.69, 9.17) is 10.00 Å². The molecule has 130 valence electrons. The summed E-state index contributed by atoms with van der Waals surface area (Å²) < 4.78 is 5.40. The van der Waals surface area contributed by atoms with Gasteiger partial charge in [-0.05, 0) is 18.8 Å². The lowest BCUT2D eigenvalue weighted by Gasteiger charge is -2.27. The van der Waals surface area contributed by atoms with Crippen LogP contribution in [-0.4, -0.2) is 53.8 Å². The fourth-order valence-electron chi connectivity index (χ4n) is 3.28. The lowest BCUT2D eigenvalue weighted by Crippen LogP contribution is -2.42. The van der Waals surface area contributed by atoms with E-state index in [0.29, 0.717) is 25.3 Å². The SMILES string of the molecule is N#CCNC(=O)[C@H](CC1CCCCC1)OC(=O)N1CC[C@@H](O)C1.[HH]. The number of aliphatic hydroxyl groups is 1. The molecule has 0 aromatic heterocycles. The van der Waals surface area contributed by atoms with Gasteiger partial charge in [0.25, 0.3) is 5.91 Å². The van der Waals surface area contributed by atoms with Crippen molar-refractivity contribution >= 4 is 12.0 Å². The lowest BCUT2D eigenvalue weighted by atomic mass is 9.85. The predicted octanol–water partition coefficient (Wildman–Crippen LogP) is 1.41. The van der Waals surface area contributed by atoms with Crippen LogP contribution in [0.1, 0.15) is 46.4 Å². The molecule has 23 heavy (non-hydrogen) atoms. The van der Waals surface area contributed by atoms with Crippen molar-refractivity contribution in [3.63, 3.8) is 0 Å². The summed E-state index contributed by atoms with van der Waals surface area (Å²) in [6.45, 7) is 0.588. The van der Waals surface area contributed by atoms with E-state index in [9.17, 15) is 14.7 Å². The second kappa shape index (κ2) is 8.73. The molecule has 2 fully saturated rings. The fourth-order valence-corrected chi connectivity index (χ4v) is 3.28. The Balaban J connectivity index is 0.00000288. The number of amides is 2. The van der Waals surface area contributed by atoms with Crippen molar-refractivity contribution in [2.45, 2.75) is 57.2 Å². The maximum atomic E-state index is 12.2. The molecule has 0 bridgehead atoms. The van der Waals surface area contributed by atoms with Gasteiger partial charge in [0.05, 0.1) is 12.2 Å². The molecule has 1 aliphatic heterocycles. The molecule has 0 aromatic rings. The minimum Gasteiger partial charge on any atom is -0.436 e. The highest BCUT2D eigenvalue weighted by atomic mass is 16.6. The molecule has 2 atom stereocenters. The van der Waals surface area contributed by atoms with Crippen LogP contribution in [0.2, 0.25) is 0 Å². The average Bonchev–Trinajstić information content (AvgIpc) is 2.99. The van der Waals surface area contributed by atoms with Gasteiger partial charge in [-0.25, -0.2) is 4.79 Å². The van der Waals surface area contributed by atoms with Crippen molar-refractivity contribution in [3.8, 4) is 6.07 Å². The van der Waals surface area contributed by atoms with Gasteiger partial charge in [-0.2, -0.15) is 5.26 Å². The third-order valence-corrected chi connectivity index (χ3v) is 4.57. The van der Waals surface area contributed by atoms with Crippen LogP contribution in [-0.2, 0) is 9.53 Å². The third kappa shape index (κ3) is 5.39. The molecular formula is C16H27N3O4. The molecule has 2 rings (SSSR count). The van der Waals surface area contributed by atoms with E-state index in [2.05, 4.69) is 5.32 Å².